The molecule has 0 saturated carbocycles. The smallest absolute Gasteiger partial charge is 0.277 e. The Hall–Kier alpha value is -3.11. The maximum absolute atomic E-state index is 14.8. The standard InChI is InChI=1S/C20H22F3N3O4/c1-11(2)30-24-10-13-9-14(20(28)26-29-7-6-27)19(18(23)17(13)22)25-16-5-4-12(3)8-15(16)21/h4-5,8-11,25,27H,6-7H2,1-3H3,(H,26,28)/b24-10+. The number of benzene rings is 2. The van der Waals surface area contributed by atoms with Crippen LogP contribution in [0.2, 0.25) is 0 Å². The molecule has 0 bridgehead atoms. The van der Waals surface area contributed by atoms with Crippen LogP contribution in [0.3, 0.4) is 0 Å². The molecule has 30 heavy (non-hydrogen) atoms. The van der Waals surface area contributed by atoms with Crippen LogP contribution in [-0.2, 0) is 9.68 Å². The fourth-order valence-electron chi connectivity index (χ4n) is 2.32. The van der Waals surface area contributed by atoms with E-state index in [2.05, 4.69) is 10.5 Å². The minimum Gasteiger partial charge on any atom is -0.394 e. The summed E-state index contributed by atoms with van der Waals surface area (Å²) in [7, 11) is 0. The summed E-state index contributed by atoms with van der Waals surface area (Å²) in [4.78, 5) is 22.1. The number of oxime groups is 1. The Morgan fingerprint density at radius 2 is 1.97 bits per heavy atom. The van der Waals surface area contributed by atoms with E-state index in [0.29, 0.717) is 5.56 Å². The zero-order chi connectivity index (χ0) is 22.3. The number of carbonyl (C=O) groups excluding carboxylic acids is 1. The molecule has 0 aliphatic carbocycles. The van der Waals surface area contributed by atoms with Crippen molar-refractivity contribution in [3.8, 4) is 0 Å². The van der Waals surface area contributed by atoms with E-state index < -0.39 is 29.0 Å². The fraction of sp³-hybridized carbons (Fsp3) is 0.300. The molecule has 0 aromatic heterocycles. The summed E-state index contributed by atoms with van der Waals surface area (Å²) >= 11 is 0. The molecule has 0 radical (unpaired) electrons. The number of aliphatic hydroxyl groups excluding tert-OH is 1. The molecule has 0 aliphatic heterocycles. The van der Waals surface area contributed by atoms with Crippen molar-refractivity contribution < 1.29 is 32.7 Å². The second-order valence-electron chi connectivity index (χ2n) is 6.52. The number of amides is 1. The fourth-order valence-corrected chi connectivity index (χ4v) is 2.32. The number of aryl methyl sites for hydroxylation is 1. The molecule has 0 aliphatic rings. The lowest BCUT2D eigenvalue weighted by Gasteiger charge is -2.16. The molecule has 2 aromatic rings. The number of nitrogens with zero attached hydrogens (tertiary/aromatic N) is 1. The maximum atomic E-state index is 14.8. The van der Waals surface area contributed by atoms with Gasteiger partial charge in [-0.25, -0.2) is 18.7 Å². The van der Waals surface area contributed by atoms with E-state index in [9.17, 15) is 18.0 Å². The van der Waals surface area contributed by atoms with Gasteiger partial charge in [0.25, 0.3) is 5.91 Å². The van der Waals surface area contributed by atoms with Gasteiger partial charge >= 0.3 is 0 Å². The highest BCUT2D eigenvalue weighted by atomic mass is 19.2. The van der Waals surface area contributed by atoms with Gasteiger partial charge in [0.1, 0.15) is 11.9 Å². The van der Waals surface area contributed by atoms with Gasteiger partial charge in [0, 0.05) is 5.56 Å². The van der Waals surface area contributed by atoms with Crippen molar-refractivity contribution in [1.82, 2.24) is 5.48 Å². The van der Waals surface area contributed by atoms with E-state index in [1.54, 1.807) is 26.8 Å². The number of hydroxylamine groups is 1. The van der Waals surface area contributed by atoms with E-state index in [4.69, 9.17) is 14.8 Å². The zero-order valence-electron chi connectivity index (χ0n) is 16.6. The molecule has 0 heterocycles. The minimum atomic E-state index is -1.42. The number of aliphatic hydroxyl groups is 1. The quantitative estimate of drug-likeness (QED) is 0.325. The van der Waals surface area contributed by atoms with Gasteiger partial charge in [-0.15, -0.1) is 0 Å². The number of nitrogens with one attached hydrogen (secondary N) is 2. The first-order valence-electron chi connectivity index (χ1n) is 9.02. The van der Waals surface area contributed by atoms with Crippen LogP contribution in [0.25, 0.3) is 0 Å². The molecular formula is C20H22F3N3O4. The number of carbonyl (C=O) groups is 1. The lowest BCUT2D eigenvalue weighted by Crippen LogP contribution is -2.26. The van der Waals surface area contributed by atoms with Crippen molar-refractivity contribution in [3.05, 3.63) is 58.4 Å². The van der Waals surface area contributed by atoms with E-state index in [-0.39, 0.29) is 36.1 Å². The molecule has 3 N–H and O–H groups in total. The number of rotatable bonds is 9. The summed E-state index contributed by atoms with van der Waals surface area (Å²) in [6.45, 7) is 4.45. The van der Waals surface area contributed by atoms with Crippen molar-refractivity contribution in [2.45, 2.75) is 26.9 Å². The van der Waals surface area contributed by atoms with Crippen molar-refractivity contribution in [1.29, 1.82) is 0 Å². The summed E-state index contributed by atoms with van der Waals surface area (Å²) in [5.41, 5.74) is 1.13. The third-order valence-electron chi connectivity index (χ3n) is 3.69. The number of hydrogen-bond acceptors (Lipinski definition) is 6. The van der Waals surface area contributed by atoms with Gasteiger partial charge < -0.3 is 15.3 Å². The average molecular weight is 425 g/mol. The summed E-state index contributed by atoms with van der Waals surface area (Å²) in [6, 6.07) is 5.11. The molecule has 0 atom stereocenters. The van der Waals surface area contributed by atoms with Crippen LogP contribution in [0.15, 0.2) is 29.4 Å². The van der Waals surface area contributed by atoms with Crippen LogP contribution < -0.4 is 10.8 Å². The SMILES string of the molecule is Cc1ccc(Nc2c(C(=O)NOCCO)cc(/C=N/OC(C)C)c(F)c2F)c(F)c1. The minimum absolute atomic E-state index is 0.159. The average Bonchev–Trinajstić information content (AvgIpc) is 2.68. The second kappa shape index (κ2) is 10.6. The summed E-state index contributed by atoms with van der Waals surface area (Å²) < 4.78 is 43.6. The Labute approximate surface area is 171 Å². The highest BCUT2D eigenvalue weighted by molar-refractivity contribution is 6.01. The predicted octanol–water partition coefficient (Wildman–Crippen LogP) is 3.57. The monoisotopic (exact) mass is 425 g/mol. The largest absolute Gasteiger partial charge is 0.394 e. The molecular weight excluding hydrogens is 403 g/mol. The number of halogens is 3. The van der Waals surface area contributed by atoms with Gasteiger partial charge in [0.15, 0.2) is 11.6 Å². The lowest BCUT2D eigenvalue weighted by atomic mass is 10.1. The first-order chi connectivity index (χ1) is 14.2. The van der Waals surface area contributed by atoms with Crippen LogP contribution in [0.1, 0.15) is 35.3 Å². The van der Waals surface area contributed by atoms with Gasteiger partial charge in [-0.3, -0.25) is 9.63 Å². The topological polar surface area (TPSA) is 92.2 Å². The maximum Gasteiger partial charge on any atom is 0.277 e. The lowest BCUT2D eigenvalue weighted by molar-refractivity contribution is 0.0168. The number of hydrogen-bond donors (Lipinski definition) is 3. The normalized spacial score (nSPS) is 11.2. The summed E-state index contributed by atoms with van der Waals surface area (Å²) in [6.07, 6.45) is 0.620. The van der Waals surface area contributed by atoms with Gasteiger partial charge in [-0.05, 0) is 44.5 Å². The van der Waals surface area contributed by atoms with E-state index in [1.165, 1.54) is 12.1 Å². The van der Waals surface area contributed by atoms with E-state index >= 15 is 0 Å². The number of anilines is 2. The Morgan fingerprint density at radius 3 is 2.60 bits per heavy atom. The molecule has 10 heteroatoms. The molecule has 1 amide bonds. The first kappa shape index (κ1) is 23.2. The highest BCUT2D eigenvalue weighted by Gasteiger charge is 2.23. The third-order valence-corrected chi connectivity index (χ3v) is 3.69. The first-order valence-corrected chi connectivity index (χ1v) is 9.02. The molecule has 7 nitrogen and oxygen atoms in total. The second-order valence-corrected chi connectivity index (χ2v) is 6.52. The van der Waals surface area contributed by atoms with Crippen LogP contribution in [0, 0.1) is 24.4 Å². The van der Waals surface area contributed by atoms with Crippen molar-refractivity contribution in [2.75, 3.05) is 18.5 Å². The van der Waals surface area contributed by atoms with E-state index in [0.717, 1.165) is 12.3 Å². The van der Waals surface area contributed by atoms with Gasteiger partial charge in [0.05, 0.1) is 36.4 Å². The highest BCUT2D eigenvalue weighted by Crippen LogP contribution is 2.30. The van der Waals surface area contributed by atoms with Gasteiger partial charge in [0.2, 0.25) is 0 Å². The summed E-state index contributed by atoms with van der Waals surface area (Å²) in [5, 5.41) is 14.7. The van der Waals surface area contributed by atoms with Crippen LogP contribution >= 0.6 is 0 Å². The van der Waals surface area contributed by atoms with Crippen molar-refractivity contribution >= 4 is 23.5 Å². The predicted molar refractivity (Wildman–Crippen MR) is 105 cm³/mol. The van der Waals surface area contributed by atoms with E-state index in [1.807, 2.05) is 5.48 Å². The molecule has 162 valence electrons. The van der Waals surface area contributed by atoms with Crippen LogP contribution in [0.5, 0.6) is 0 Å². The summed E-state index contributed by atoms with van der Waals surface area (Å²) in [5.74, 6) is -4.39. The molecule has 2 aromatic carbocycles. The molecule has 0 fully saturated rings. The Morgan fingerprint density at radius 1 is 1.23 bits per heavy atom. The Kier molecular flexibility index (Phi) is 8.19. The Bertz CT molecular complexity index is 936. The van der Waals surface area contributed by atoms with Crippen molar-refractivity contribution in [2.24, 2.45) is 5.16 Å². The molecule has 0 unspecified atom stereocenters. The van der Waals surface area contributed by atoms with Crippen LogP contribution in [0.4, 0.5) is 24.5 Å². The van der Waals surface area contributed by atoms with Gasteiger partial charge in [-0.2, -0.15) is 0 Å². The van der Waals surface area contributed by atoms with Crippen molar-refractivity contribution in [3.63, 3.8) is 0 Å². The van der Waals surface area contributed by atoms with Gasteiger partial charge in [-0.1, -0.05) is 11.2 Å². The zero-order valence-corrected chi connectivity index (χ0v) is 16.6. The molecule has 0 saturated heterocycles. The Balaban J connectivity index is 2.50. The van der Waals surface area contributed by atoms with Crippen LogP contribution in [-0.4, -0.2) is 36.5 Å². The third kappa shape index (κ3) is 5.94. The molecule has 2 rings (SSSR count). The molecule has 0 spiro atoms.